The first kappa shape index (κ1) is 19.4. The van der Waals surface area contributed by atoms with Crippen LogP contribution in [0.3, 0.4) is 0 Å². The Morgan fingerprint density at radius 1 is 1.16 bits per heavy atom. The van der Waals surface area contributed by atoms with Crippen LogP contribution in [-0.2, 0) is 20.7 Å². The molecule has 6 heteroatoms. The predicted octanol–water partition coefficient (Wildman–Crippen LogP) is 1.76. The largest absolute Gasteiger partial charge is 0.379 e. The third-order valence-electron chi connectivity index (χ3n) is 4.49. The van der Waals surface area contributed by atoms with Gasteiger partial charge in [-0.3, -0.25) is 14.5 Å². The van der Waals surface area contributed by atoms with E-state index in [1.165, 1.54) is 5.56 Å². The van der Waals surface area contributed by atoms with Crippen molar-refractivity contribution in [1.82, 2.24) is 9.80 Å². The SMILES string of the molecule is CCc1ccc(NC(=O)CCN(CCN2CCOCC2)C(C)=O)cc1. The molecule has 1 aromatic carbocycles. The maximum absolute atomic E-state index is 12.1. The summed E-state index contributed by atoms with van der Waals surface area (Å²) in [5.41, 5.74) is 2.04. The van der Waals surface area contributed by atoms with Crippen LogP contribution in [0, 0.1) is 0 Å². The number of nitrogens with one attached hydrogen (secondary N) is 1. The molecule has 1 saturated heterocycles. The molecule has 1 aliphatic heterocycles. The van der Waals surface area contributed by atoms with E-state index in [0.717, 1.165) is 45.0 Å². The van der Waals surface area contributed by atoms with Crippen molar-refractivity contribution in [2.24, 2.45) is 0 Å². The van der Waals surface area contributed by atoms with Crippen LogP contribution in [0.4, 0.5) is 5.69 Å². The van der Waals surface area contributed by atoms with Gasteiger partial charge in [-0.05, 0) is 24.1 Å². The van der Waals surface area contributed by atoms with Crippen molar-refractivity contribution >= 4 is 17.5 Å². The van der Waals surface area contributed by atoms with E-state index >= 15 is 0 Å². The van der Waals surface area contributed by atoms with Gasteiger partial charge in [-0.2, -0.15) is 0 Å². The third-order valence-corrected chi connectivity index (χ3v) is 4.49. The highest BCUT2D eigenvalue weighted by molar-refractivity contribution is 5.91. The second kappa shape index (κ2) is 10.2. The van der Waals surface area contributed by atoms with Gasteiger partial charge in [-0.25, -0.2) is 0 Å². The van der Waals surface area contributed by atoms with Crippen molar-refractivity contribution in [3.63, 3.8) is 0 Å². The van der Waals surface area contributed by atoms with Crippen molar-refractivity contribution in [2.75, 3.05) is 51.3 Å². The maximum atomic E-state index is 12.1. The zero-order valence-electron chi connectivity index (χ0n) is 15.3. The summed E-state index contributed by atoms with van der Waals surface area (Å²) in [6, 6.07) is 7.86. The number of ether oxygens (including phenoxy) is 1. The number of rotatable bonds is 8. The highest BCUT2D eigenvalue weighted by Gasteiger charge is 2.15. The molecule has 1 fully saturated rings. The molecule has 1 aromatic rings. The van der Waals surface area contributed by atoms with Gasteiger partial charge in [-0.15, -0.1) is 0 Å². The van der Waals surface area contributed by atoms with Crippen LogP contribution in [-0.4, -0.2) is 67.6 Å². The number of nitrogens with zero attached hydrogens (tertiary/aromatic N) is 2. The number of benzene rings is 1. The molecule has 0 bridgehead atoms. The van der Waals surface area contributed by atoms with E-state index in [1.807, 2.05) is 24.3 Å². The Labute approximate surface area is 150 Å². The van der Waals surface area contributed by atoms with Gasteiger partial charge in [-0.1, -0.05) is 19.1 Å². The molecule has 2 amide bonds. The van der Waals surface area contributed by atoms with Crippen LogP contribution >= 0.6 is 0 Å². The molecule has 2 rings (SSSR count). The maximum Gasteiger partial charge on any atom is 0.226 e. The Balaban J connectivity index is 1.74. The predicted molar refractivity (Wildman–Crippen MR) is 98.6 cm³/mol. The van der Waals surface area contributed by atoms with E-state index in [-0.39, 0.29) is 11.8 Å². The van der Waals surface area contributed by atoms with Crippen molar-refractivity contribution in [1.29, 1.82) is 0 Å². The molecule has 1 N–H and O–H groups in total. The third kappa shape index (κ3) is 6.84. The van der Waals surface area contributed by atoms with Gasteiger partial charge in [0.1, 0.15) is 0 Å². The first-order valence-corrected chi connectivity index (χ1v) is 9.03. The summed E-state index contributed by atoms with van der Waals surface area (Å²) in [6.07, 6.45) is 1.28. The van der Waals surface area contributed by atoms with E-state index in [4.69, 9.17) is 4.74 Å². The van der Waals surface area contributed by atoms with Crippen molar-refractivity contribution < 1.29 is 14.3 Å². The fourth-order valence-corrected chi connectivity index (χ4v) is 2.80. The Morgan fingerprint density at radius 2 is 1.84 bits per heavy atom. The minimum atomic E-state index is -0.0677. The normalized spacial score (nSPS) is 15.0. The summed E-state index contributed by atoms with van der Waals surface area (Å²) < 4.78 is 5.33. The average Bonchev–Trinajstić information content (AvgIpc) is 2.63. The number of morpholine rings is 1. The molecule has 0 radical (unpaired) electrons. The highest BCUT2D eigenvalue weighted by Crippen LogP contribution is 2.10. The Bertz CT molecular complexity index is 554. The Kier molecular flexibility index (Phi) is 7.88. The molecule has 0 unspecified atom stereocenters. The van der Waals surface area contributed by atoms with Crippen LogP contribution in [0.25, 0.3) is 0 Å². The fraction of sp³-hybridized carbons (Fsp3) is 0.579. The number of aryl methyl sites for hydroxylation is 1. The summed E-state index contributed by atoms with van der Waals surface area (Å²) in [7, 11) is 0. The van der Waals surface area contributed by atoms with E-state index in [2.05, 4.69) is 17.1 Å². The van der Waals surface area contributed by atoms with Crippen LogP contribution in [0.2, 0.25) is 0 Å². The lowest BCUT2D eigenvalue weighted by atomic mass is 10.1. The lowest BCUT2D eigenvalue weighted by molar-refractivity contribution is -0.129. The first-order valence-electron chi connectivity index (χ1n) is 9.03. The van der Waals surface area contributed by atoms with Gasteiger partial charge in [0.05, 0.1) is 13.2 Å². The minimum absolute atomic E-state index is 0.00774. The smallest absolute Gasteiger partial charge is 0.226 e. The molecular formula is C19H29N3O3. The molecule has 0 aliphatic carbocycles. The van der Waals surface area contributed by atoms with E-state index in [9.17, 15) is 9.59 Å². The molecular weight excluding hydrogens is 318 g/mol. The standard InChI is InChI=1S/C19H29N3O3/c1-3-17-4-6-18(7-5-17)20-19(24)8-9-22(16(2)23)11-10-21-12-14-25-15-13-21/h4-7H,3,8-15H2,1-2H3,(H,20,24). The van der Waals surface area contributed by atoms with Gasteiger partial charge in [0, 0.05) is 51.8 Å². The van der Waals surface area contributed by atoms with Crippen molar-refractivity contribution in [3.8, 4) is 0 Å². The fourth-order valence-electron chi connectivity index (χ4n) is 2.80. The second-order valence-corrected chi connectivity index (χ2v) is 6.31. The Morgan fingerprint density at radius 3 is 2.44 bits per heavy atom. The van der Waals surface area contributed by atoms with Crippen LogP contribution < -0.4 is 5.32 Å². The van der Waals surface area contributed by atoms with Gasteiger partial charge < -0.3 is 15.0 Å². The second-order valence-electron chi connectivity index (χ2n) is 6.31. The van der Waals surface area contributed by atoms with Crippen molar-refractivity contribution in [3.05, 3.63) is 29.8 Å². The summed E-state index contributed by atoms with van der Waals surface area (Å²) in [5.74, 6) is -0.0600. The molecule has 0 spiro atoms. The Hall–Kier alpha value is -1.92. The number of anilines is 1. The quantitative estimate of drug-likeness (QED) is 0.778. The van der Waals surface area contributed by atoms with Crippen LogP contribution in [0.5, 0.6) is 0 Å². The molecule has 1 heterocycles. The minimum Gasteiger partial charge on any atom is -0.379 e. The number of carbonyl (C=O) groups is 2. The van der Waals surface area contributed by atoms with E-state index < -0.39 is 0 Å². The molecule has 6 nitrogen and oxygen atoms in total. The number of amides is 2. The summed E-state index contributed by atoms with van der Waals surface area (Å²) in [4.78, 5) is 28.0. The first-order chi connectivity index (χ1) is 12.1. The monoisotopic (exact) mass is 347 g/mol. The van der Waals surface area contributed by atoms with E-state index in [1.54, 1.807) is 11.8 Å². The molecule has 0 aromatic heterocycles. The number of hydrogen-bond acceptors (Lipinski definition) is 4. The molecule has 25 heavy (non-hydrogen) atoms. The van der Waals surface area contributed by atoms with Crippen molar-refractivity contribution in [2.45, 2.75) is 26.7 Å². The summed E-state index contributed by atoms with van der Waals surface area (Å²) in [6.45, 7) is 8.87. The molecule has 138 valence electrons. The van der Waals surface area contributed by atoms with Gasteiger partial charge in [0.2, 0.25) is 11.8 Å². The number of carbonyl (C=O) groups excluding carboxylic acids is 2. The van der Waals surface area contributed by atoms with Crippen LogP contribution in [0.1, 0.15) is 25.8 Å². The lowest BCUT2D eigenvalue weighted by Gasteiger charge is -2.29. The van der Waals surface area contributed by atoms with Crippen LogP contribution in [0.15, 0.2) is 24.3 Å². The summed E-state index contributed by atoms with van der Waals surface area (Å²) in [5, 5.41) is 2.89. The lowest BCUT2D eigenvalue weighted by Crippen LogP contribution is -2.43. The number of hydrogen-bond donors (Lipinski definition) is 1. The van der Waals surface area contributed by atoms with Gasteiger partial charge >= 0.3 is 0 Å². The van der Waals surface area contributed by atoms with Gasteiger partial charge in [0.25, 0.3) is 0 Å². The molecule has 0 saturated carbocycles. The topological polar surface area (TPSA) is 61.9 Å². The van der Waals surface area contributed by atoms with E-state index in [0.29, 0.717) is 19.5 Å². The zero-order chi connectivity index (χ0) is 18.1. The molecule has 1 aliphatic rings. The highest BCUT2D eigenvalue weighted by atomic mass is 16.5. The van der Waals surface area contributed by atoms with Gasteiger partial charge in [0.15, 0.2) is 0 Å². The zero-order valence-corrected chi connectivity index (χ0v) is 15.3. The average molecular weight is 347 g/mol. The summed E-state index contributed by atoms with van der Waals surface area (Å²) >= 11 is 0. The molecule has 0 atom stereocenters.